The van der Waals surface area contributed by atoms with Gasteiger partial charge in [0.15, 0.2) is 5.11 Å². The smallest absolute Gasteiger partial charge is 0.258 e. The zero-order valence-corrected chi connectivity index (χ0v) is 18.9. The molecule has 0 spiro atoms. The van der Waals surface area contributed by atoms with Crippen molar-refractivity contribution < 1.29 is 9.26 Å². The van der Waals surface area contributed by atoms with Crippen LogP contribution in [-0.2, 0) is 4.74 Å². The summed E-state index contributed by atoms with van der Waals surface area (Å²) in [5.41, 5.74) is 3.78. The molecule has 8 heteroatoms. The van der Waals surface area contributed by atoms with Crippen molar-refractivity contribution in [3.63, 3.8) is 0 Å². The molecule has 1 N–H and O–H groups in total. The van der Waals surface area contributed by atoms with E-state index in [1.165, 1.54) is 0 Å². The van der Waals surface area contributed by atoms with E-state index in [4.69, 9.17) is 38.1 Å². The van der Waals surface area contributed by atoms with E-state index in [0.717, 1.165) is 35.4 Å². The van der Waals surface area contributed by atoms with Gasteiger partial charge in [0.05, 0.1) is 11.6 Å². The third-order valence-corrected chi connectivity index (χ3v) is 5.81. The standard InChI is InChI=1S/C23H23ClN4O2S/c1-15-19(22-26-21(27-30-22)17-7-4-3-5-8-17)20(16-9-11-18(24)12-10-16)25-23(31)28(15)13-6-14-29-2/h3-5,7-12,20H,6,13-14H2,1-2H3,(H,25,31). The van der Waals surface area contributed by atoms with Crippen molar-refractivity contribution in [2.75, 3.05) is 20.3 Å². The van der Waals surface area contributed by atoms with Crippen LogP contribution in [0, 0.1) is 0 Å². The van der Waals surface area contributed by atoms with Crippen molar-refractivity contribution in [3.05, 3.63) is 76.8 Å². The van der Waals surface area contributed by atoms with Crippen LogP contribution in [0.25, 0.3) is 17.0 Å². The van der Waals surface area contributed by atoms with Crippen LogP contribution in [0.4, 0.5) is 0 Å². The molecule has 2 heterocycles. The zero-order chi connectivity index (χ0) is 21.8. The quantitative estimate of drug-likeness (QED) is 0.394. The summed E-state index contributed by atoms with van der Waals surface area (Å²) < 4.78 is 10.9. The van der Waals surface area contributed by atoms with E-state index in [2.05, 4.69) is 15.4 Å². The fraction of sp³-hybridized carbons (Fsp3) is 0.261. The molecule has 6 nitrogen and oxygen atoms in total. The molecular weight excluding hydrogens is 432 g/mol. The van der Waals surface area contributed by atoms with Gasteiger partial charge in [0.25, 0.3) is 5.89 Å². The van der Waals surface area contributed by atoms with E-state index >= 15 is 0 Å². The topological polar surface area (TPSA) is 63.4 Å². The fourth-order valence-electron chi connectivity index (χ4n) is 3.64. The molecule has 0 radical (unpaired) electrons. The van der Waals surface area contributed by atoms with Crippen LogP contribution in [0.3, 0.4) is 0 Å². The Hall–Kier alpha value is -2.74. The van der Waals surface area contributed by atoms with Gasteiger partial charge < -0.3 is 19.5 Å². The summed E-state index contributed by atoms with van der Waals surface area (Å²) in [5, 5.41) is 8.99. The van der Waals surface area contributed by atoms with Crippen LogP contribution in [0.2, 0.25) is 5.02 Å². The third kappa shape index (κ3) is 4.63. The van der Waals surface area contributed by atoms with Gasteiger partial charge in [0.2, 0.25) is 5.82 Å². The first kappa shape index (κ1) is 21.5. The van der Waals surface area contributed by atoms with Gasteiger partial charge in [-0.25, -0.2) is 0 Å². The summed E-state index contributed by atoms with van der Waals surface area (Å²) in [6.07, 6.45) is 0.841. The molecule has 1 unspecified atom stereocenters. The minimum absolute atomic E-state index is 0.229. The summed E-state index contributed by atoms with van der Waals surface area (Å²) >= 11 is 11.8. The lowest BCUT2D eigenvalue weighted by molar-refractivity contribution is 0.188. The highest BCUT2D eigenvalue weighted by molar-refractivity contribution is 7.80. The second-order valence-corrected chi connectivity index (χ2v) is 8.04. The second-order valence-electron chi connectivity index (χ2n) is 7.22. The van der Waals surface area contributed by atoms with E-state index in [0.29, 0.717) is 28.5 Å². The van der Waals surface area contributed by atoms with Gasteiger partial charge in [-0.15, -0.1) is 0 Å². The van der Waals surface area contributed by atoms with Crippen LogP contribution >= 0.6 is 23.8 Å². The van der Waals surface area contributed by atoms with Crippen molar-refractivity contribution in [2.45, 2.75) is 19.4 Å². The Morgan fingerprint density at radius 2 is 1.90 bits per heavy atom. The summed E-state index contributed by atoms with van der Waals surface area (Å²) in [5.74, 6) is 1.01. The van der Waals surface area contributed by atoms with Crippen molar-refractivity contribution in [3.8, 4) is 11.4 Å². The molecule has 1 atom stereocenters. The molecule has 0 saturated heterocycles. The maximum absolute atomic E-state index is 6.11. The van der Waals surface area contributed by atoms with E-state index in [1.807, 2.05) is 61.5 Å². The lowest BCUT2D eigenvalue weighted by Gasteiger charge is -2.37. The maximum Gasteiger partial charge on any atom is 0.258 e. The Labute approximate surface area is 191 Å². The molecule has 0 bridgehead atoms. The summed E-state index contributed by atoms with van der Waals surface area (Å²) in [7, 11) is 1.70. The minimum atomic E-state index is -0.229. The van der Waals surface area contributed by atoms with Gasteiger partial charge in [0.1, 0.15) is 0 Å². The van der Waals surface area contributed by atoms with E-state index < -0.39 is 0 Å². The first-order chi connectivity index (χ1) is 15.1. The van der Waals surface area contributed by atoms with Gasteiger partial charge in [-0.1, -0.05) is 59.2 Å². The van der Waals surface area contributed by atoms with Crippen LogP contribution in [0.1, 0.15) is 30.8 Å². The molecule has 1 aromatic heterocycles. The molecule has 0 aliphatic carbocycles. The fourth-order valence-corrected chi connectivity index (χ4v) is 4.11. The molecule has 3 aromatic rings. The minimum Gasteiger partial charge on any atom is -0.385 e. The highest BCUT2D eigenvalue weighted by atomic mass is 35.5. The maximum atomic E-state index is 6.11. The molecule has 4 rings (SSSR count). The van der Waals surface area contributed by atoms with Crippen LogP contribution in [0.15, 0.2) is 64.8 Å². The Kier molecular flexibility index (Phi) is 6.65. The van der Waals surface area contributed by atoms with Gasteiger partial charge in [0, 0.05) is 36.5 Å². The number of nitrogens with one attached hydrogen (secondary N) is 1. The second kappa shape index (κ2) is 9.60. The third-order valence-electron chi connectivity index (χ3n) is 5.22. The monoisotopic (exact) mass is 454 g/mol. The highest BCUT2D eigenvalue weighted by Gasteiger charge is 2.33. The number of nitrogens with zero attached hydrogens (tertiary/aromatic N) is 3. The normalized spacial score (nSPS) is 16.5. The Balaban J connectivity index is 1.76. The predicted octanol–water partition coefficient (Wildman–Crippen LogP) is 5.09. The van der Waals surface area contributed by atoms with Gasteiger partial charge >= 0.3 is 0 Å². The molecule has 160 valence electrons. The average Bonchev–Trinajstić information content (AvgIpc) is 3.26. The van der Waals surface area contributed by atoms with Crippen molar-refractivity contribution in [1.29, 1.82) is 0 Å². The summed E-state index contributed by atoms with van der Waals surface area (Å²) in [6, 6.07) is 17.2. The van der Waals surface area contributed by atoms with Crippen LogP contribution < -0.4 is 5.32 Å². The van der Waals surface area contributed by atoms with E-state index in [1.54, 1.807) is 7.11 Å². The number of halogens is 1. The first-order valence-corrected chi connectivity index (χ1v) is 10.8. The molecule has 2 aromatic carbocycles. The number of benzene rings is 2. The van der Waals surface area contributed by atoms with Crippen LogP contribution in [-0.4, -0.2) is 40.4 Å². The number of thiocarbonyl (C=S) groups is 1. The number of methoxy groups -OCH3 is 1. The van der Waals surface area contributed by atoms with Gasteiger partial charge in [-0.05, 0) is 43.3 Å². The Bertz CT molecular complexity index is 1080. The summed E-state index contributed by atoms with van der Waals surface area (Å²) in [6.45, 7) is 3.41. The van der Waals surface area contributed by atoms with Gasteiger partial charge in [-0.2, -0.15) is 4.98 Å². The number of hydrogen-bond donors (Lipinski definition) is 1. The number of hydrogen-bond acceptors (Lipinski definition) is 5. The number of aromatic nitrogens is 2. The lowest BCUT2D eigenvalue weighted by Crippen LogP contribution is -2.46. The molecule has 31 heavy (non-hydrogen) atoms. The van der Waals surface area contributed by atoms with E-state index in [9.17, 15) is 0 Å². The number of rotatable bonds is 7. The SMILES string of the molecule is COCCCN1C(=S)NC(c2ccc(Cl)cc2)C(c2nc(-c3ccccc3)no2)=C1C. The first-order valence-electron chi connectivity index (χ1n) is 10.0. The summed E-state index contributed by atoms with van der Waals surface area (Å²) in [4.78, 5) is 6.77. The molecule has 1 aliphatic rings. The van der Waals surface area contributed by atoms with Crippen molar-refractivity contribution in [2.24, 2.45) is 0 Å². The highest BCUT2D eigenvalue weighted by Crippen LogP contribution is 2.37. The molecule has 0 amide bonds. The number of ether oxygens (including phenoxy) is 1. The van der Waals surface area contributed by atoms with Crippen LogP contribution in [0.5, 0.6) is 0 Å². The Morgan fingerprint density at radius 1 is 1.16 bits per heavy atom. The molecule has 0 fully saturated rings. The lowest BCUT2D eigenvalue weighted by atomic mass is 9.95. The van der Waals surface area contributed by atoms with Crippen molar-refractivity contribution in [1.82, 2.24) is 20.4 Å². The van der Waals surface area contributed by atoms with Gasteiger partial charge in [-0.3, -0.25) is 0 Å². The molecular formula is C23H23ClN4O2S. The average molecular weight is 455 g/mol. The van der Waals surface area contributed by atoms with E-state index in [-0.39, 0.29) is 6.04 Å². The number of allylic oxidation sites excluding steroid dienone is 1. The molecule has 1 aliphatic heterocycles. The van der Waals surface area contributed by atoms with Crippen molar-refractivity contribution >= 4 is 34.5 Å². The Morgan fingerprint density at radius 3 is 2.61 bits per heavy atom. The largest absolute Gasteiger partial charge is 0.385 e. The molecule has 0 saturated carbocycles. The zero-order valence-electron chi connectivity index (χ0n) is 17.3. The predicted molar refractivity (Wildman–Crippen MR) is 125 cm³/mol.